The molecule has 2 fully saturated rings. The van der Waals surface area contributed by atoms with Crippen molar-refractivity contribution in [1.82, 2.24) is 20.4 Å². The number of hydrogen-bond donors (Lipinski definition) is 2. The van der Waals surface area contributed by atoms with Gasteiger partial charge >= 0.3 is 0 Å². The minimum absolute atomic E-state index is 0.550. The molecule has 6 nitrogen and oxygen atoms in total. The van der Waals surface area contributed by atoms with E-state index in [2.05, 4.69) is 25.4 Å². The molecule has 0 aliphatic carbocycles. The third-order valence-corrected chi connectivity index (χ3v) is 5.87. The second kappa shape index (κ2) is 14.2. The third-order valence-electron chi connectivity index (χ3n) is 5.87. The summed E-state index contributed by atoms with van der Waals surface area (Å²) in [7, 11) is 3.66. The first-order chi connectivity index (χ1) is 13.3. The number of unbranched alkanes of at least 4 members (excludes halogenated alkanes) is 2. The monoisotopic (exact) mass is 381 g/mol. The van der Waals surface area contributed by atoms with E-state index in [-0.39, 0.29) is 0 Å². The summed E-state index contributed by atoms with van der Waals surface area (Å²) >= 11 is 0. The Morgan fingerprint density at radius 1 is 0.926 bits per heavy atom. The van der Waals surface area contributed by atoms with Crippen molar-refractivity contribution in [2.45, 2.75) is 63.8 Å². The zero-order chi connectivity index (χ0) is 19.2. The van der Waals surface area contributed by atoms with E-state index in [0.29, 0.717) is 6.04 Å². The van der Waals surface area contributed by atoms with Gasteiger partial charge in [-0.25, -0.2) is 0 Å². The van der Waals surface area contributed by atoms with E-state index in [4.69, 9.17) is 4.74 Å². The maximum absolute atomic E-state index is 5.15. The number of methoxy groups -OCH3 is 1. The van der Waals surface area contributed by atoms with Gasteiger partial charge in [-0.2, -0.15) is 0 Å². The van der Waals surface area contributed by atoms with Gasteiger partial charge in [-0.3, -0.25) is 4.99 Å². The molecule has 2 saturated heterocycles. The van der Waals surface area contributed by atoms with Gasteiger partial charge in [-0.05, 0) is 64.6 Å². The minimum atomic E-state index is 0.550. The number of hydrogen-bond acceptors (Lipinski definition) is 4. The van der Waals surface area contributed by atoms with Crippen LogP contribution in [0, 0.1) is 0 Å². The lowest BCUT2D eigenvalue weighted by Crippen LogP contribution is -2.49. The highest BCUT2D eigenvalue weighted by molar-refractivity contribution is 5.79. The van der Waals surface area contributed by atoms with Crippen molar-refractivity contribution in [3.05, 3.63) is 0 Å². The maximum Gasteiger partial charge on any atom is 0.191 e. The quantitative estimate of drug-likeness (QED) is 0.327. The van der Waals surface area contributed by atoms with Crippen LogP contribution >= 0.6 is 0 Å². The summed E-state index contributed by atoms with van der Waals surface area (Å²) in [4.78, 5) is 9.60. The Bertz CT molecular complexity index is 390. The highest BCUT2D eigenvalue weighted by Crippen LogP contribution is 2.11. The van der Waals surface area contributed by atoms with Crippen LogP contribution < -0.4 is 10.6 Å². The zero-order valence-electron chi connectivity index (χ0n) is 17.8. The third kappa shape index (κ3) is 9.77. The van der Waals surface area contributed by atoms with Crippen LogP contribution in [0.5, 0.6) is 0 Å². The lowest BCUT2D eigenvalue weighted by atomic mass is 10.1. The highest BCUT2D eigenvalue weighted by Gasteiger charge is 2.19. The van der Waals surface area contributed by atoms with E-state index in [9.17, 15) is 0 Å². The van der Waals surface area contributed by atoms with Crippen molar-refractivity contribution in [2.75, 3.05) is 66.6 Å². The first-order valence-corrected chi connectivity index (χ1v) is 11.2. The predicted molar refractivity (Wildman–Crippen MR) is 115 cm³/mol. The van der Waals surface area contributed by atoms with Gasteiger partial charge < -0.3 is 25.2 Å². The summed E-state index contributed by atoms with van der Waals surface area (Å²) < 4.78 is 5.15. The van der Waals surface area contributed by atoms with E-state index < -0.39 is 0 Å². The topological polar surface area (TPSA) is 52.1 Å². The van der Waals surface area contributed by atoms with E-state index >= 15 is 0 Å². The fraction of sp³-hybridized carbons (Fsp3) is 0.952. The summed E-state index contributed by atoms with van der Waals surface area (Å²) in [6.45, 7) is 9.33. The lowest BCUT2D eigenvalue weighted by Gasteiger charge is -2.33. The summed E-state index contributed by atoms with van der Waals surface area (Å²) in [5, 5.41) is 7.12. The van der Waals surface area contributed by atoms with Crippen LogP contribution in [0.2, 0.25) is 0 Å². The molecule has 0 amide bonds. The molecule has 2 N–H and O–H groups in total. The second-order valence-electron chi connectivity index (χ2n) is 8.07. The molecule has 0 radical (unpaired) electrons. The SMILES string of the molecule is CN=C(NCCCCCN1CCCCC1)NC1CCN(CCCOC)CC1. The van der Waals surface area contributed by atoms with Crippen LogP contribution in [-0.2, 0) is 4.74 Å². The van der Waals surface area contributed by atoms with Crippen molar-refractivity contribution in [3.63, 3.8) is 0 Å². The van der Waals surface area contributed by atoms with Crippen molar-refractivity contribution >= 4 is 5.96 Å². The molecule has 0 unspecified atom stereocenters. The van der Waals surface area contributed by atoms with Crippen LogP contribution in [0.25, 0.3) is 0 Å². The largest absolute Gasteiger partial charge is 0.385 e. The number of rotatable bonds is 11. The standard InChI is InChI=1S/C21H43N5O/c1-22-21(23-12-5-3-6-13-25-14-7-4-8-15-25)24-20-10-17-26(18-11-20)16-9-19-27-2/h20H,3-19H2,1-2H3,(H2,22,23,24). The molecule has 0 bridgehead atoms. The summed E-state index contributed by atoms with van der Waals surface area (Å²) in [5.74, 6) is 0.976. The molecule has 158 valence electrons. The molecule has 0 aromatic rings. The molecule has 2 rings (SSSR count). The van der Waals surface area contributed by atoms with Gasteiger partial charge in [-0.15, -0.1) is 0 Å². The van der Waals surface area contributed by atoms with Crippen molar-refractivity contribution in [3.8, 4) is 0 Å². The van der Waals surface area contributed by atoms with Gasteiger partial charge in [0.05, 0.1) is 0 Å². The fourth-order valence-corrected chi connectivity index (χ4v) is 4.15. The Labute approximate surface area is 167 Å². The van der Waals surface area contributed by atoms with Crippen molar-refractivity contribution < 1.29 is 4.74 Å². The molecular weight excluding hydrogens is 338 g/mol. The predicted octanol–water partition coefficient (Wildman–Crippen LogP) is 2.31. The molecule has 0 aromatic heterocycles. The number of aliphatic imine (C=N–C) groups is 1. The highest BCUT2D eigenvalue weighted by atomic mass is 16.5. The maximum atomic E-state index is 5.15. The summed E-state index contributed by atoms with van der Waals surface area (Å²) in [5.41, 5.74) is 0. The Hall–Kier alpha value is -0.850. The molecule has 2 aliphatic heterocycles. The average molecular weight is 382 g/mol. The van der Waals surface area contributed by atoms with Gasteiger partial charge in [-0.1, -0.05) is 12.8 Å². The van der Waals surface area contributed by atoms with Gasteiger partial charge in [0, 0.05) is 53.0 Å². The first-order valence-electron chi connectivity index (χ1n) is 11.2. The molecule has 27 heavy (non-hydrogen) atoms. The second-order valence-corrected chi connectivity index (χ2v) is 8.07. The van der Waals surface area contributed by atoms with Crippen LogP contribution in [0.1, 0.15) is 57.8 Å². The van der Waals surface area contributed by atoms with Crippen LogP contribution in [0.15, 0.2) is 4.99 Å². The van der Waals surface area contributed by atoms with E-state index in [1.54, 1.807) is 7.11 Å². The number of guanidine groups is 1. The van der Waals surface area contributed by atoms with Crippen molar-refractivity contribution in [1.29, 1.82) is 0 Å². The molecule has 6 heteroatoms. The van der Waals surface area contributed by atoms with Gasteiger partial charge in [0.1, 0.15) is 0 Å². The zero-order valence-corrected chi connectivity index (χ0v) is 17.8. The molecular formula is C21H43N5O. The number of piperidine rings is 2. The molecule has 0 aromatic carbocycles. The first kappa shape index (κ1) is 22.4. The lowest BCUT2D eigenvalue weighted by molar-refractivity contribution is 0.155. The number of ether oxygens (including phenoxy) is 1. The van der Waals surface area contributed by atoms with Crippen LogP contribution in [0.4, 0.5) is 0 Å². The Kier molecular flexibility index (Phi) is 11.8. The number of nitrogens with one attached hydrogen (secondary N) is 2. The van der Waals surface area contributed by atoms with Crippen LogP contribution in [-0.4, -0.2) is 88.4 Å². The number of nitrogens with zero attached hydrogens (tertiary/aromatic N) is 3. The normalized spacial score (nSPS) is 20.7. The van der Waals surface area contributed by atoms with Gasteiger partial charge in [0.25, 0.3) is 0 Å². The molecule has 2 heterocycles. The van der Waals surface area contributed by atoms with Crippen LogP contribution in [0.3, 0.4) is 0 Å². The smallest absolute Gasteiger partial charge is 0.191 e. The van der Waals surface area contributed by atoms with E-state index in [0.717, 1.165) is 32.1 Å². The minimum Gasteiger partial charge on any atom is -0.385 e. The van der Waals surface area contributed by atoms with E-state index in [1.807, 2.05) is 7.05 Å². The average Bonchev–Trinajstić information content (AvgIpc) is 2.71. The summed E-state index contributed by atoms with van der Waals surface area (Å²) in [6.07, 6.45) is 11.6. The number of likely N-dealkylation sites (tertiary alicyclic amines) is 2. The fourth-order valence-electron chi connectivity index (χ4n) is 4.15. The van der Waals surface area contributed by atoms with Gasteiger partial charge in [0.2, 0.25) is 0 Å². The van der Waals surface area contributed by atoms with Crippen molar-refractivity contribution in [2.24, 2.45) is 4.99 Å². The molecule has 0 saturated carbocycles. The van der Waals surface area contributed by atoms with E-state index in [1.165, 1.54) is 84.1 Å². The molecule has 0 atom stereocenters. The Balaban J connectivity index is 1.48. The summed E-state index contributed by atoms with van der Waals surface area (Å²) in [6, 6.07) is 0.550. The Morgan fingerprint density at radius 2 is 1.63 bits per heavy atom. The molecule has 0 spiro atoms. The van der Waals surface area contributed by atoms with Gasteiger partial charge in [0.15, 0.2) is 5.96 Å². The Morgan fingerprint density at radius 3 is 2.33 bits per heavy atom. The molecule has 2 aliphatic rings.